The zero-order valence-electron chi connectivity index (χ0n) is 11.8. The highest BCUT2D eigenvalue weighted by Gasteiger charge is 2.24. The number of rotatable bonds is 5. The molecule has 1 heterocycles. The molecule has 2 aromatic rings. The fourth-order valence-corrected chi connectivity index (χ4v) is 2.64. The molecule has 0 saturated carbocycles. The number of ether oxygens (including phenoxy) is 3. The molecule has 0 spiro atoms. The third kappa shape index (κ3) is 2.93. The molecule has 1 aliphatic heterocycles. The highest BCUT2D eigenvalue weighted by atomic mass is 35.5. The molecule has 1 unspecified atom stereocenters. The minimum absolute atomic E-state index is 0.241. The van der Waals surface area contributed by atoms with Crippen molar-refractivity contribution >= 4 is 11.6 Å². The highest BCUT2D eigenvalue weighted by Crippen LogP contribution is 2.35. The first-order valence-electron chi connectivity index (χ1n) is 6.89. The fraction of sp³-hybridized carbons (Fsp3) is 0.294. The van der Waals surface area contributed by atoms with Gasteiger partial charge in [-0.25, -0.2) is 0 Å². The van der Waals surface area contributed by atoms with Crippen LogP contribution in [0.2, 0.25) is 0 Å². The zero-order valence-corrected chi connectivity index (χ0v) is 12.6. The Morgan fingerprint density at radius 3 is 2.86 bits per heavy atom. The van der Waals surface area contributed by atoms with Gasteiger partial charge in [0, 0.05) is 11.4 Å². The Kier molecular flexibility index (Phi) is 4.20. The molecule has 2 aromatic carbocycles. The lowest BCUT2D eigenvalue weighted by Gasteiger charge is -2.14. The first-order valence-corrected chi connectivity index (χ1v) is 7.42. The van der Waals surface area contributed by atoms with E-state index in [-0.39, 0.29) is 5.92 Å². The average molecular weight is 305 g/mol. The lowest BCUT2D eigenvalue weighted by atomic mass is 10.0. The van der Waals surface area contributed by atoms with Gasteiger partial charge in [-0.1, -0.05) is 24.3 Å². The van der Waals surface area contributed by atoms with Crippen LogP contribution in [0, 0.1) is 0 Å². The van der Waals surface area contributed by atoms with Crippen molar-refractivity contribution < 1.29 is 14.2 Å². The summed E-state index contributed by atoms with van der Waals surface area (Å²) in [5, 5.41) is 0. The Labute approximate surface area is 129 Å². The molecule has 0 amide bonds. The number of alkyl halides is 1. The Balaban J connectivity index is 1.74. The van der Waals surface area contributed by atoms with Crippen LogP contribution in [0.5, 0.6) is 17.2 Å². The van der Waals surface area contributed by atoms with E-state index in [1.54, 1.807) is 7.11 Å². The van der Waals surface area contributed by atoms with Gasteiger partial charge in [0.15, 0.2) is 11.5 Å². The van der Waals surface area contributed by atoms with Crippen molar-refractivity contribution in [2.75, 3.05) is 20.3 Å². The Morgan fingerprint density at radius 1 is 1.19 bits per heavy atom. The number of fused-ring (bicyclic) bond motifs is 1. The Hall–Kier alpha value is -1.87. The molecule has 0 fully saturated rings. The van der Waals surface area contributed by atoms with Gasteiger partial charge in [-0.2, -0.15) is 0 Å². The predicted octanol–water partition coefficient (Wildman–Crippen LogP) is 3.99. The molecule has 21 heavy (non-hydrogen) atoms. The summed E-state index contributed by atoms with van der Waals surface area (Å²) in [7, 11) is 1.64. The molecule has 1 aliphatic rings. The van der Waals surface area contributed by atoms with Crippen molar-refractivity contribution in [3.63, 3.8) is 0 Å². The number of para-hydroxylation sites is 1. The molecular formula is C17H17ClO3. The average Bonchev–Trinajstić information content (AvgIpc) is 2.96. The summed E-state index contributed by atoms with van der Waals surface area (Å²) in [6.45, 7) is 1.20. The molecule has 1 atom stereocenters. The van der Waals surface area contributed by atoms with Crippen molar-refractivity contribution in [1.29, 1.82) is 0 Å². The first-order chi connectivity index (χ1) is 10.3. The molecule has 0 bridgehead atoms. The van der Waals surface area contributed by atoms with E-state index in [1.165, 1.54) is 5.56 Å². The monoisotopic (exact) mass is 304 g/mol. The second kappa shape index (κ2) is 6.27. The summed E-state index contributed by atoms with van der Waals surface area (Å²) in [5.74, 6) is 3.09. The SMILES string of the molecule is COc1ccc(CCl)cc1OCC1COc2ccccc21. The van der Waals surface area contributed by atoms with Crippen molar-refractivity contribution in [3.05, 3.63) is 53.6 Å². The van der Waals surface area contributed by atoms with Crippen LogP contribution in [0.3, 0.4) is 0 Å². The number of hydrogen-bond donors (Lipinski definition) is 0. The largest absolute Gasteiger partial charge is 0.493 e. The Bertz CT molecular complexity index is 627. The maximum atomic E-state index is 5.95. The van der Waals surface area contributed by atoms with E-state index in [2.05, 4.69) is 6.07 Å². The van der Waals surface area contributed by atoms with Crippen LogP contribution in [0.4, 0.5) is 0 Å². The van der Waals surface area contributed by atoms with Gasteiger partial charge in [0.25, 0.3) is 0 Å². The van der Waals surface area contributed by atoms with Crippen molar-refractivity contribution in [2.45, 2.75) is 11.8 Å². The summed E-state index contributed by atoms with van der Waals surface area (Å²) < 4.78 is 16.9. The maximum Gasteiger partial charge on any atom is 0.161 e. The lowest BCUT2D eigenvalue weighted by molar-refractivity contribution is 0.240. The highest BCUT2D eigenvalue weighted by molar-refractivity contribution is 6.17. The van der Waals surface area contributed by atoms with Gasteiger partial charge in [0.05, 0.1) is 26.2 Å². The zero-order chi connectivity index (χ0) is 14.7. The standard InChI is InChI=1S/C17H17ClO3/c1-19-16-7-6-12(9-18)8-17(16)21-11-13-10-20-15-5-3-2-4-14(13)15/h2-8,13H,9-11H2,1H3. The lowest BCUT2D eigenvalue weighted by Crippen LogP contribution is -2.12. The normalized spacial score (nSPS) is 16.2. The predicted molar refractivity (Wildman–Crippen MR) is 82.7 cm³/mol. The molecule has 110 valence electrons. The van der Waals surface area contributed by atoms with Crippen LogP contribution >= 0.6 is 11.6 Å². The third-order valence-electron chi connectivity index (χ3n) is 3.62. The molecule has 4 heteroatoms. The molecule has 0 radical (unpaired) electrons. The topological polar surface area (TPSA) is 27.7 Å². The van der Waals surface area contributed by atoms with Crippen LogP contribution in [0.1, 0.15) is 17.0 Å². The number of halogens is 1. The van der Waals surface area contributed by atoms with E-state index >= 15 is 0 Å². The maximum absolute atomic E-state index is 5.95. The van der Waals surface area contributed by atoms with Crippen molar-refractivity contribution in [1.82, 2.24) is 0 Å². The molecule has 0 saturated heterocycles. The van der Waals surface area contributed by atoms with Gasteiger partial charge in [-0.05, 0) is 23.8 Å². The van der Waals surface area contributed by atoms with Gasteiger partial charge in [-0.15, -0.1) is 11.6 Å². The summed E-state index contributed by atoms with van der Waals surface area (Å²) in [6.07, 6.45) is 0. The first kappa shape index (κ1) is 14.1. The van der Waals surface area contributed by atoms with Crippen LogP contribution in [0.25, 0.3) is 0 Å². The summed E-state index contributed by atoms with van der Waals surface area (Å²) >= 11 is 5.87. The molecule has 3 nitrogen and oxygen atoms in total. The number of methoxy groups -OCH3 is 1. The van der Waals surface area contributed by atoms with E-state index in [1.807, 2.05) is 36.4 Å². The van der Waals surface area contributed by atoms with E-state index in [0.29, 0.717) is 19.1 Å². The van der Waals surface area contributed by atoms with E-state index in [9.17, 15) is 0 Å². The van der Waals surface area contributed by atoms with Crippen LogP contribution in [-0.4, -0.2) is 20.3 Å². The minimum Gasteiger partial charge on any atom is -0.493 e. The molecule has 3 rings (SSSR count). The Morgan fingerprint density at radius 2 is 2.05 bits per heavy atom. The molecule has 0 aromatic heterocycles. The van der Waals surface area contributed by atoms with E-state index < -0.39 is 0 Å². The van der Waals surface area contributed by atoms with Gasteiger partial charge in [0.2, 0.25) is 0 Å². The smallest absolute Gasteiger partial charge is 0.161 e. The van der Waals surface area contributed by atoms with Crippen LogP contribution < -0.4 is 14.2 Å². The molecule has 0 N–H and O–H groups in total. The van der Waals surface area contributed by atoms with Crippen molar-refractivity contribution in [2.24, 2.45) is 0 Å². The van der Waals surface area contributed by atoms with E-state index in [4.69, 9.17) is 25.8 Å². The van der Waals surface area contributed by atoms with Crippen LogP contribution in [-0.2, 0) is 5.88 Å². The molecular weight excluding hydrogens is 288 g/mol. The van der Waals surface area contributed by atoms with Crippen molar-refractivity contribution in [3.8, 4) is 17.2 Å². The summed E-state index contributed by atoms with van der Waals surface area (Å²) in [5.41, 5.74) is 2.21. The third-order valence-corrected chi connectivity index (χ3v) is 3.93. The van der Waals surface area contributed by atoms with E-state index in [0.717, 1.165) is 22.8 Å². The second-order valence-electron chi connectivity index (χ2n) is 4.98. The second-order valence-corrected chi connectivity index (χ2v) is 5.24. The fourth-order valence-electron chi connectivity index (χ4n) is 2.47. The summed E-state index contributed by atoms with van der Waals surface area (Å²) in [4.78, 5) is 0. The minimum atomic E-state index is 0.241. The van der Waals surface area contributed by atoms with Gasteiger partial charge in [0.1, 0.15) is 5.75 Å². The summed E-state index contributed by atoms with van der Waals surface area (Å²) in [6, 6.07) is 13.8. The van der Waals surface area contributed by atoms with Gasteiger partial charge in [-0.3, -0.25) is 0 Å². The number of hydrogen-bond acceptors (Lipinski definition) is 3. The van der Waals surface area contributed by atoms with Gasteiger partial charge < -0.3 is 14.2 Å². The quantitative estimate of drug-likeness (QED) is 0.782. The van der Waals surface area contributed by atoms with Gasteiger partial charge >= 0.3 is 0 Å². The molecule has 0 aliphatic carbocycles. The number of benzene rings is 2. The van der Waals surface area contributed by atoms with Crippen LogP contribution in [0.15, 0.2) is 42.5 Å².